The predicted molar refractivity (Wildman–Crippen MR) is 72.7 cm³/mol. The van der Waals surface area contributed by atoms with Crippen molar-refractivity contribution < 1.29 is 9.47 Å². The molecule has 1 aromatic rings. The monoisotopic (exact) mass is 255 g/mol. The highest BCUT2D eigenvalue weighted by molar-refractivity contribution is 5.48. The molecule has 0 saturated heterocycles. The van der Waals surface area contributed by atoms with Gasteiger partial charge in [-0.05, 0) is 19.3 Å². The van der Waals surface area contributed by atoms with Crippen LogP contribution in [0.25, 0.3) is 0 Å². The predicted octanol–water partition coefficient (Wildman–Crippen LogP) is 1.64. The van der Waals surface area contributed by atoms with Crippen molar-refractivity contribution in [3.05, 3.63) is 11.4 Å². The first-order chi connectivity index (χ1) is 8.74. The first-order valence-corrected chi connectivity index (χ1v) is 6.65. The van der Waals surface area contributed by atoms with Gasteiger partial charge in [0.25, 0.3) is 0 Å². The van der Waals surface area contributed by atoms with Crippen LogP contribution >= 0.6 is 0 Å². The Labute approximate surface area is 109 Å². The second kappa shape index (κ2) is 8.11. The maximum absolute atomic E-state index is 6.05. The summed E-state index contributed by atoms with van der Waals surface area (Å²) in [6, 6.07) is 0. The fourth-order valence-electron chi connectivity index (χ4n) is 1.94. The van der Waals surface area contributed by atoms with Gasteiger partial charge in [-0.1, -0.05) is 13.8 Å². The average molecular weight is 255 g/mol. The number of hydrogen-bond donors (Lipinski definition) is 1. The Bertz CT molecular complexity index is 350. The molecule has 0 bridgehead atoms. The molecule has 5 heteroatoms. The van der Waals surface area contributed by atoms with E-state index in [2.05, 4.69) is 18.9 Å². The number of nitrogen functional groups attached to an aromatic ring is 1. The minimum absolute atomic E-state index is 0.668. The van der Waals surface area contributed by atoms with Crippen LogP contribution in [0.5, 0.6) is 0 Å². The third kappa shape index (κ3) is 3.99. The summed E-state index contributed by atoms with van der Waals surface area (Å²) in [5, 5.41) is 4.52. The minimum atomic E-state index is 0.668. The summed E-state index contributed by atoms with van der Waals surface area (Å²) in [4.78, 5) is 0. The fourth-order valence-corrected chi connectivity index (χ4v) is 1.94. The number of ether oxygens (including phenoxy) is 2. The van der Waals surface area contributed by atoms with E-state index in [1.807, 2.05) is 4.68 Å². The standard InChI is InChI=1S/C13H25N3O2/c1-4-11-13(14)12(5-2)16(15-11)7-10-18-9-6-8-17-3/h4-10,14H2,1-3H3. The molecule has 0 amide bonds. The van der Waals surface area contributed by atoms with E-state index in [1.165, 1.54) is 0 Å². The number of nitrogens with two attached hydrogens (primary N) is 1. The molecule has 5 nitrogen and oxygen atoms in total. The number of hydrogen-bond acceptors (Lipinski definition) is 4. The number of nitrogens with zero attached hydrogens (tertiary/aromatic N) is 2. The molecule has 0 aliphatic rings. The Hall–Kier alpha value is -1.07. The van der Waals surface area contributed by atoms with Crippen molar-refractivity contribution in [2.75, 3.05) is 32.7 Å². The summed E-state index contributed by atoms with van der Waals surface area (Å²) in [7, 11) is 1.70. The van der Waals surface area contributed by atoms with E-state index < -0.39 is 0 Å². The lowest BCUT2D eigenvalue weighted by atomic mass is 10.2. The molecule has 2 N–H and O–H groups in total. The molecule has 0 aliphatic carbocycles. The average Bonchev–Trinajstić information content (AvgIpc) is 2.69. The number of rotatable bonds is 9. The molecule has 1 rings (SSSR count). The van der Waals surface area contributed by atoms with Crippen molar-refractivity contribution in [3.8, 4) is 0 Å². The van der Waals surface area contributed by atoms with Crippen molar-refractivity contribution in [2.24, 2.45) is 0 Å². The number of aromatic nitrogens is 2. The molecule has 18 heavy (non-hydrogen) atoms. The van der Waals surface area contributed by atoms with Crippen LogP contribution in [0.3, 0.4) is 0 Å². The highest BCUT2D eigenvalue weighted by atomic mass is 16.5. The third-order valence-corrected chi connectivity index (χ3v) is 2.93. The molecule has 0 atom stereocenters. The number of aryl methyl sites for hydroxylation is 1. The highest BCUT2D eigenvalue weighted by Crippen LogP contribution is 2.18. The molecule has 0 aromatic carbocycles. The highest BCUT2D eigenvalue weighted by Gasteiger charge is 2.11. The Morgan fingerprint density at radius 3 is 2.56 bits per heavy atom. The van der Waals surface area contributed by atoms with E-state index in [9.17, 15) is 0 Å². The van der Waals surface area contributed by atoms with E-state index in [0.717, 1.165) is 56.1 Å². The van der Waals surface area contributed by atoms with Gasteiger partial charge >= 0.3 is 0 Å². The van der Waals surface area contributed by atoms with E-state index >= 15 is 0 Å². The van der Waals surface area contributed by atoms with Gasteiger partial charge < -0.3 is 15.2 Å². The molecular formula is C13H25N3O2. The maximum atomic E-state index is 6.05. The summed E-state index contributed by atoms with van der Waals surface area (Å²) < 4.78 is 12.5. The summed E-state index contributed by atoms with van der Waals surface area (Å²) in [5.74, 6) is 0. The van der Waals surface area contributed by atoms with Crippen LogP contribution in [0.2, 0.25) is 0 Å². The van der Waals surface area contributed by atoms with Crippen molar-refractivity contribution in [1.82, 2.24) is 9.78 Å². The van der Waals surface area contributed by atoms with Gasteiger partial charge in [-0.2, -0.15) is 5.10 Å². The topological polar surface area (TPSA) is 62.3 Å². The van der Waals surface area contributed by atoms with Crippen LogP contribution in [0.15, 0.2) is 0 Å². The van der Waals surface area contributed by atoms with Gasteiger partial charge in [0.1, 0.15) is 0 Å². The zero-order chi connectivity index (χ0) is 13.4. The first-order valence-electron chi connectivity index (χ1n) is 6.65. The van der Waals surface area contributed by atoms with Crippen molar-refractivity contribution in [1.29, 1.82) is 0 Å². The third-order valence-electron chi connectivity index (χ3n) is 2.93. The van der Waals surface area contributed by atoms with Gasteiger partial charge in [-0.15, -0.1) is 0 Å². The molecule has 0 saturated carbocycles. The van der Waals surface area contributed by atoms with Crippen LogP contribution in [-0.2, 0) is 28.9 Å². The van der Waals surface area contributed by atoms with E-state index in [0.29, 0.717) is 6.61 Å². The van der Waals surface area contributed by atoms with Crippen molar-refractivity contribution >= 4 is 5.69 Å². The van der Waals surface area contributed by atoms with Gasteiger partial charge in [-0.3, -0.25) is 4.68 Å². The van der Waals surface area contributed by atoms with Crippen LogP contribution in [0, 0.1) is 0 Å². The van der Waals surface area contributed by atoms with E-state index in [4.69, 9.17) is 15.2 Å². The van der Waals surface area contributed by atoms with E-state index in [1.54, 1.807) is 7.11 Å². The van der Waals surface area contributed by atoms with Gasteiger partial charge in [0.05, 0.1) is 30.2 Å². The smallest absolute Gasteiger partial charge is 0.0854 e. The lowest BCUT2D eigenvalue weighted by molar-refractivity contribution is 0.0957. The molecule has 0 fully saturated rings. The van der Waals surface area contributed by atoms with Crippen LogP contribution in [0.1, 0.15) is 31.7 Å². The second-order valence-corrected chi connectivity index (χ2v) is 4.20. The summed E-state index contributed by atoms with van der Waals surface area (Å²) in [5.41, 5.74) is 9.01. The van der Waals surface area contributed by atoms with Crippen LogP contribution in [-0.4, -0.2) is 36.7 Å². The van der Waals surface area contributed by atoms with E-state index in [-0.39, 0.29) is 0 Å². The molecule has 0 aliphatic heterocycles. The largest absolute Gasteiger partial charge is 0.396 e. The second-order valence-electron chi connectivity index (χ2n) is 4.20. The number of anilines is 1. The van der Waals surface area contributed by atoms with Gasteiger partial charge in [0.15, 0.2) is 0 Å². The van der Waals surface area contributed by atoms with Gasteiger partial charge in [0, 0.05) is 20.3 Å². The molecule has 0 radical (unpaired) electrons. The lowest BCUT2D eigenvalue weighted by Crippen LogP contribution is -2.11. The molecule has 1 heterocycles. The SMILES string of the molecule is CCc1nn(CCOCCCOC)c(CC)c1N. The zero-order valence-electron chi connectivity index (χ0n) is 11.7. The number of methoxy groups -OCH3 is 1. The molecule has 104 valence electrons. The zero-order valence-corrected chi connectivity index (χ0v) is 11.7. The van der Waals surface area contributed by atoms with Crippen LogP contribution < -0.4 is 5.73 Å². The summed E-state index contributed by atoms with van der Waals surface area (Å²) in [6.07, 6.45) is 2.71. The van der Waals surface area contributed by atoms with Crippen LogP contribution in [0.4, 0.5) is 5.69 Å². The molecule has 0 spiro atoms. The minimum Gasteiger partial charge on any atom is -0.396 e. The summed E-state index contributed by atoms with van der Waals surface area (Å²) >= 11 is 0. The Kier molecular flexibility index (Phi) is 6.75. The fraction of sp³-hybridized carbons (Fsp3) is 0.769. The Morgan fingerprint density at radius 2 is 1.94 bits per heavy atom. The molecular weight excluding hydrogens is 230 g/mol. The quantitative estimate of drug-likeness (QED) is 0.681. The normalized spacial score (nSPS) is 11.1. The summed E-state index contributed by atoms with van der Waals surface area (Å²) in [6.45, 7) is 7.08. The molecule has 0 unspecified atom stereocenters. The Balaban J connectivity index is 2.41. The van der Waals surface area contributed by atoms with Gasteiger partial charge in [0.2, 0.25) is 0 Å². The maximum Gasteiger partial charge on any atom is 0.0854 e. The Morgan fingerprint density at radius 1 is 1.17 bits per heavy atom. The van der Waals surface area contributed by atoms with Crippen molar-refractivity contribution in [3.63, 3.8) is 0 Å². The molecule has 1 aromatic heterocycles. The van der Waals surface area contributed by atoms with Crippen molar-refractivity contribution in [2.45, 2.75) is 39.7 Å². The first kappa shape index (κ1) is 15.0. The van der Waals surface area contributed by atoms with Gasteiger partial charge in [-0.25, -0.2) is 0 Å². The lowest BCUT2D eigenvalue weighted by Gasteiger charge is -2.07.